The summed E-state index contributed by atoms with van der Waals surface area (Å²) >= 11 is 0. The van der Waals surface area contributed by atoms with E-state index in [-0.39, 0.29) is 22.0 Å². The van der Waals surface area contributed by atoms with Gasteiger partial charge >= 0.3 is 0 Å². The average Bonchev–Trinajstić information content (AvgIpc) is 3.07. The van der Waals surface area contributed by atoms with Crippen LogP contribution in [0.4, 0.5) is 11.5 Å². The first kappa shape index (κ1) is 18.5. The van der Waals surface area contributed by atoms with Crippen molar-refractivity contribution in [2.45, 2.75) is 11.8 Å². The average molecular weight is 404 g/mol. The maximum absolute atomic E-state index is 13.2. The van der Waals surface area contributed by atoms with Crippen molar-refractivity contribution in [3.05, 3.63) is 72.1 Å². The predicted molar refractivity (Wildman–Crippen MR) is 110 cm³/mol. The summed E-state index contributed by atoms with van der Waals surface area (Å²) in [5.74, 6) is 0.126. The molecule has 0 atom stereocenters. The van der Waals surface area contributed by atoms with Crippen LogP contribution in [0.2, 0.25) is 0 Å². The highest BCUT2D eigenvalue weighted by atomic mass is 32.2. The molecule has 2 heterocycles. The lowest BCUT2D eigenvalue weighted by atomic mass is 10.2. The van der Waals surface area contributed by atoms with Crippen LogP contribution < -0.4 is 10.5 Å². The van der Waals surface area contributed by atoms with E-state index < -0.39 is 10.0 Å². The first-order chi connectivity index (χ1) is 13.9. The zero-order chi connectivity index (χ0) is 20.6. The Morgan fingerprint density at radius 2 is 1.93 bits per heavy atom. The van der Waals surface area contributed by atoms with Crippen molar-refractivity contribution in [3.8, 4) is 11.8 Å². The molecule has 0 aliphatic heterocycles. The van der Waals surface area contributed by atoms with Crippen LogP contribution in [0.1, 0.15) is 11.1 Å². The highest BCUT2D eigenvalue weighted by molar-refractivity contribution is 7.93. The van der Waals surface area contributed by atoms with E-state index in [4.69, 9.17) is 11.0 Å². The van der Waals surface area contributed by atoms with Crippen LogP contribution in [-0.2, 0) is 10.0 Å². The fraction of sp³-hybridized carbons (Fsp3) is 0.0500. The standard InChI is InChI=1S/C20H16N6O2S/c1-13-9-14-5-4-8-18(19(14)23-11-13)29(27,28)25-16-6-2-3-7-17(16)26-20(22)15(10-21)12-24-26/h2-9,11-12,25H,22H2,1H3. The lowest BCUT2D eigenvalue weighted by Crippen LogP contribution is -2.16. The minimum absolute atomic E-state index is 0.0657. The molecule has 0 fully saturated rings. The molecule has 0 saturated carbocycles. The first-order valence-electron chi connectivity index (χ1n) is 8.62. The van der Waals surface area contributed by atoms with Gasteiger partial charge in [0.05, 0.1) is 23.1 Å². The molecule has 3 N–H and O–H groups in total. The number of nitrogen functional groups attached to an aromatic ring is 1. The molecule has 4 rings (SSSR count). The molecule has 2 aromatic carbocycles. The Balaban J connectivity index is 1.81. The molecule has 144 valence electrons. The zero-order valence-corrected chi connectivity index (χ0v) is 16.2. The quantitative estimate of drug-likeness (QED) is 0.538. The number of rotatable bonds is 4. The lowest BCUT2D eigenvalue weighted by molar-refractivity contribution is 0.602. The molecule has 0 spiro atoms. The predicted octanol–water partition coefficient (Wildman–Crippen LogP) is 2.98. The molecule has 0 radical (unpaired) electrons. The van der Waals surface area contributed by atoms with Gasteiger partial charge in [-0.3, -0.25) is 9.71 Å². The summed E-state index contributed by atoms with van der Waals surface area (Å²) in [5, 5.41) is 13.9. The molecule has 0 unspecified atom stereocenters. The molecule has 9 heteroatoms. The topological polar surface area (TPSA) is 127 Å². The van der Waals surface area contributed by atoms with Gasteiger partial charge in [-0.25, -0.2) is 13.1 Å². The second-order valence-electron chi connectivity index (χ2n) is 6.43. The lowest BCUT2D eigenvalue weighted by Gasteiger charge is -2.14. The highest BCUT2D eigenvalue weighted by Crippen LogP contribution is 2.28. The number of nitrogens with one attached hydrogen (secondary N) is 1. The SMILES string of the molecule is Cc1cnc2c(S(=O)(=O)Nc3ccccc3-n3ncc(C#N)c3N)cccc2c1. The summed E-state index contributed by atoms with van der Waals surface area (Å²) in [7, 11) is -3.95. The number of aromatic nitrogens is 3. The second-order valence-corrected chi connectivity index (χ2v) is 8.08. The van der Waals surface area contributed by atoms with Gasteiger partial charge < -0.3 is 5.73 Å². The molecule has 0 aliphatic carbocycles. The number of para-hydroxylation sites is 3. The van der Waals surface area contributed by atoms with E-state index in [2.05, 4.69) is 14.8 Å². The van der Waals surface area contributed by atoms with Crippen LogP contribution in [0, 0.1) is 18.3 Å². The second kappa shape index (κ2) is 6.92. The number of pyridine rings is 1. The van der Waals surface area contributed by atoms with Crippen molar-refractivity contribution in [3.63, 3.8) is 0 Å². The number of benzene rings is 2. The number of hydrogen-bond donors (Lipinski definition) is 2. The molecule has 0 bridgehead atoms. The van der Waals surface area contributed by atoms with Crippen LogP contribution in [-0.4, -0.2) is 23.2 Å². The fourth-order valence-corrected chi connectivity index (χ4v) is 4.29. The van der Waals surface area contributed by atoms with Crippen LogP contribution >= 0.6 is 0 Å². The molecule has 0 amide bonds. The van der Waals surface area contributed by atoms with E-state index >= 15 is 0 Å². The van der Waals surface area contributed by atoms with Gasteiger partial charge in [0.15, 0.2) is 0 Å². The number of aryl methyl sites for hydroxylation is 1. The summed E-state index contributed by atoms with van der Waals surface area (Å²) in [6.45, 7) is 1.89. The van der Waals surface area contributed by atoms with Gasteiger partial charge in [-0.2, -0.15) is 10.4 Å². The molecule has 8 nitrogen and oxygen atoms in total. The molecule has 29 heavy (non-hydrogen) atoms. The minimum Gasteiger partial charge on any atom is -0.382 e. The maximum Gasteiger partial charge on any atom is 0.264 e. The Kier molecular flexibility index (Phi) is 4.41. The largest absolute Gasteiger partial charge is 0.382 e. The number of anilines is 2. The Hall–Kier alpha value is -3.90. The van der Waals surface area contributed by atoms with Gasteiger partial charge in [-0.1, -0.05) is 24.3 Å². The highest BCUT2D eigenvalue weighted by Gasteiger charge is 2.21. The molecule has 0 saturated heterocycles. The summed E-state index contributed by atoms with van der Waals surface area (Å²) in [5.41, 5.74) is 8.17. The zero-order valence-electron chi connectivity index (χ0n) is 15.4. The number of nitriles is 1. The van der Waals surface area contributed by atoms with Crippen molar-refractivity contribution in [1.82, 2.24) is 14.8 Å². The first-order valence-corrected chi connectivity index (χ1v) is 10.1. The van der Waals surface area contributed by atoms with Crippen molar-refractivity contribution in [1.29, 1.82) is 5.26 Å². The van der Waals surface area contributed by atoms with Crippen LogP contribution in [0.25, 0.3) is 16.6 Å². The normalized spacial score (nSPS) is 11.3. The number of hydrogen-bond acceptors (Lipinski definition) is 6. The molecular formula is C20H16N6O2S. The van der Waals surface area contributed by atoms with E-state index in [9.17, 15) is 8.42 Å². The van der Waals surface area contributed by atoms with Crippen LogP contribution in [0.3, 0.4) is 0 Å². The van der Waals surface area contributed by atoms with E-state index in [0.717, 1.165) is 10.9 Å². The maximum atomic E-state index is 13.2. The number of nitrogens with two attached hydrogens (primary N) is 1. The van der Waals surface area contributed by atoms with E-state index in [1.807, 2.05) is 25.1 Å². The minimum atomic E-state index is -3.95. The van der Waals surface area contributed by atoms with E-state index in [0.29, 0.717) is 11.2 Å². The number of fused-ring (bicyclic) bond motifs is 1. The Labute approximate surface area is 167 Å². The van der Waals surface area contributed by atoms with Gasteiger partial charge in [-0.05, 0) is 36.8 Å². The smallest absolute Gasteiger partial charge is 0.264 e. The fourth-order valence-electron chi connectivity index (χ4n) is 3.04. The molecule has 0 aliphatic rings. The number of nitrogens with zero attached hydrogens (tertiary/aromatic N) is 4. The van der Waals surface area contributed by atoms with Crippen molar-refractivity contribution >= 4 is 32.4 Å². The number of sulfonamides is 1. The Bertz CT molecular complexity index is 1390. The third-order valence-corrected chi connectivity index (χ3v) is 5.80. The summed E-state index contributed by atoms with van der Waals surface area (Å²) in [6, 6.07) is 15.5. The van der Waals surface area contributed by atoms with E-state index in [1.54, 1.807) is 36.5 Å². The third kappa shape index (κ3) is 3.26. The molecule has 4 aromatic rings. The third-order valence-electron chi connectivity index (χ3n) is 4.40. The summed E-state index contributed by atoms with van der Waals surface area (Å²) < 4.78 is 30.2. The van der Waals surface area contributed by atoms with Gasteiger partial charge in [0.1, 0.15) is 22.3 Å². The van der Waals surface area contributed by atoms with E-state index in [1.165, 1.54) is 16.9 Å². The van der Waals surface area contributed by atoms with Crippen molar-refractivity contribution in [2.75, 3.05) is 10.5 Å². The summed E-state index contributed by atoms with van der Waals surface area (Å²) in [6.07, 6.45) is 2.96. The van der Waals surface area contributed by atoms with Crippen LogP contribution in [0.5, 0.6) is 0 Å². The van der Waals surface area contributed by atoms with Gasteiger partial charge in [0.25, 0.3) is 10.0 Å². The summed E-state index contributed by atoms with van der Waals surface area (Å²) in [4.78, 5) is 4.37. The van der Waals surface area contributed by atoms with Crippen molar-refractivity contribution < 1.29 is 8.42 Å². The monoisotopic (exact) mass is 404 g/mol. The Morgan fingerprint density at radius 1 is 1.14 bits per heavy atom. The molecular weight excluding hydrogens is 388 g/mol. The van der Waals surface area contributed by atoms with Gasteiger partial charge in [0, 0.05) is 11.6 Å². The van der Waals surface area contributed by atoms with Crippen LogP contribution in [0.15, 0.2) is 65.8 Å². The Morgan fingerprint density at radius 3 is 2.69 bits per heavy atom. The van der Waals surface area contributed by atoms with Gasteiger partial charge in [-0.15, -0.1) is 0 Å². The molecule has 2 aromatic heterocycles. The van der Waals surface area contributed by atoms with Gasteiger partial charge in [0.2, 0.25) is 0 Å². The van der Waals surface area contributed by atoms with Crippen molar-refractivity contribution in [2.24, 2.45) is 0 Å².